The normalized spacial score (nSPS) is 12.3. The minimum Gasteiger partial charge on any atom is -0.446 e. The van der Waals surface area contributed by atoms with E-state index >= 15 is 0 Å². The first kappa shape index (κ1) is 16.1. The highest BCUT2D eigenvalue weighted by Gasteiger charge is 2.14. The Kier molecular flexibility index (Phi) is 10.7. The standard InChI is InChI=1S/C8H18NO2P.C2H6/c1-6(2)7(3)11-8(10)9(4)12-5;1-2/h6-7,12H,1-5H3;1-2H3. The highest BCUT2D eigenvalue weighted by molar-refractivity contribution is 7.35. The smallest absolute Gasteiger partial charge is 0.412 e. The number of hydrogen-bond donors (Lipinski definition) is 0. The van der Waals surface area contributed by atoms with Crippen LogP contribution in [0.4, 0.5) is 4.79 Å². The van der Waals surface area contributed by atoms with Crippen LogP contribution in [0.2, 0.25) is 0 Å². The van der Waals surface area contributed by atoms with Gasteiger partial charge in [0, 0.05) is 7.05 Å². The van der Waals surface area contributed by atoms with Crippen LogP contribution in [0.15, 0.2) is 0 Å². The average Bonchev–Trinajstić information content (AvgIpc) is 2.19. The van der Waals surface area contributed by atoms with Gasteiger partial charge in [0.25, 0.3) is 0 Å². The van der Waals surface area contributed by atoms with E-state index in [0.29, 0.717) is 14.6 Å². The summed E-state index contributed by atoms with van der Waals surface area (Å²) in [6.45, 7) is 11.9. The maximum absolute atomic E-state index is 11.2. The Hall–Kier alpha value is -0.300. The van der Waals surface area contributed by atoms with Crippen LogP contribution in [-0.4, -0.2) is 30.6 Å². The van der Waals surface area contributed by atoms with E-state index in [0.717, 1.165) is 0 Å². The van der Waals surface area contributed by atoms with Crippen molar-refractivity contribution in [3.05, 3.63) is 0 Å². The molecule has 14 heavy (non-hydrogen) atoms. The lowest BCUT2D eigenvalue weighted by molar-refractivity contribution is 0.0714. The fraction of sp³-hybridized carbons (Fsp3) is 0.900. The summed E-state index contributed by atoms with van der Waals surface area (Å²) in [6.07, 6.45) is -0.228. The lowest BCUT2D eigenvalue weighted by Crippen LogP contribution is -2.26. The maximum Gasteiger partial charge on any atom is 0.412 e. The molecule has 0 aromatic rings. The molecular formula is C10H24NO2P. The van der Waals surface area contributed by atoms with Gasteiger partial charge in [-0.15, -0.1) is 0 Å². The van der Waals surface area contributed by atoms with Crippen LogP contribution < -0.4 is 0 Å². The van der Waals surface area contributed by atoms with E-state index in [1.165, 1.54) is 0 Å². The molecule has 1 amide bonds. The zero-order valence-electron chi connectivity index (χ0n) is 10.4. The molecule has 0 aromatic heterocycles. The summed E-state index contributed by atoms with van der Waals surface area (Å²) in [5, 5.41) is 0. The second kappa shape index (κ2) is 9.26. The van der Waals surface area contributed by atoms with Gasteiger partial charge in [0.05, 0.1) is 0 Å². The number of ether oxygens (including phenoxy) is 1. The van der Waals surface area contributed by atoms with E-state index in [1.54, 1.807) is 11.7 Å². The minimum absolute atomic E-state index is 0.00343. The van der Waals surface area contributed by atoms with E-state index in [1.807, 2.05) is 41.3 Å². The quantitative estimate of drug-likeness (QED) is 0.684. The van der Waals surface area contributed by atoms with Crippen LogP contribution in [0.1, 0.15) is 34.6 Å². The lowest BCUT2D eigenvalue weighted by atomic mass is 10.1. The second-order valence-corrected chi connectivity index (χ2v) is 4.23. The number of nitrogens with zero attached hydrogens (tertiary/aromatic N) is 1. The van der Waals surface area contributed by atoms with E-state index in [2.05, 4.69) is 0 Å². The highest BCUT2D eigenvalue weighted by atomic mass is 31.1. The molecule has 0 aliphatic carbocycles. The molecule has 0 bridgehead atoms. The van der Waals surface area contributed by atoms with Crippen molar-refractivity contribution in [2.75, 3.05) is 13.7 Å². The van der Waals surface area contributed by atoms with Gasteiger partial charge >= 0.3 is 6.09 Å². The molecule has 2 atom stereocenters. The number of carbonyl (C=O) groups is 1. The first-order valence-corrected chi connectivity index (χ1v) is 6.55. The monoisotopic (exact) mass is 221 g/mol. The fourth-order valence-corrected chi connectivity index (χ4v) is 0.701. The van der Waals surface area contributed by atoms with Crippen LogP contribution >= 0.6 is 8.73 Å². The third-order valence-electron chi connectivity index (χ3n) is 1.83. The van der Waals surface area contributed by atoms with Crippen molar-refractivity contribution in [3.63, 3.8) is 0 Å². The molecular weight excluding hydrogens is 197 g/mol. The van der Waals surface area contributed by atoms with E-state index < -0.39 is 0 Å². The zero-order chi connectivity index (χ0) is 11.7. The summed E-state index contributed by atoms with van der Waals surface area (Å²) in [5.74, 6) is 0.377. The van der Waals surface area contributed by atoms with E-state index in [-0.39, 0.29) is 12.2 Å². The molecule has 0 N–H and O–H groups in total. The molecule has 4 heteroatoms. The SMILES string of the molecule is CC.CPN(C)C(=O)OC(C)C(C)C. The summed E-state index contributed by atoms with van der Waals surface area (Å²) in [5.41, 5.74) is 0. The molecule has 0 radical (unpaired) electrons. The van der Waals surface area contributed by atoms with Gasteiger partial charge in [0.1, 0.15) is 6.10 Å². The van der Waals surface area contributed by atoms with Crippen molar-refractivity contribution < 1.29 is 9.53 Å². The van der Waals surface area contributed by atoms with Gasteiger partial charge in [-0.05, 0) is 28.2 Å². The first-order valence-electron chi connectivity index (χ1n) is 5.10. The molecule has 2 unspecified atom stereocenters. The van der Waals surface area contributed by atoms with Crippen LogP contribution in [0, 0.1) is 5.92 Å². The Balaban J connectivity index is 0. The first-order chi connectivity index (χ1) is 6.49. The molecule has 0 heterocycles. The number of carbonyl (C=O) groups excluding carboxylic acids is 1. The average molecular weight is 221 g/mol. The van der Waals surface area contributed by atoms with Crippen LogP contribution in [-0.2, 0) is 4.74 Å². The molecule has 0 saturated carbocycles. The van der Waals surface area contributed by atoms with Crippen LogP contribution in [0.25, 0.3) is 0 Å². The third-order valence-corrected chi connectivity index (χ3v) is 2.69. The third kappa shape index (κ3) is 7.14. The zero-order valence-corrected chi connectivity index (χ0v) is 11.4. The van der Waals surface area contributed by atoms with Gasteiger partial charge in [-0.3, -0.25) is 4.67 Å². The second-order valence-electron chi connectivity index (χ2n) is 3.12. The van der Waals surface area contributed by atoms with Crippen molar-refractivity contribution in [3.8, 4) is 0 Å². The highest BCUT2D eigenvalue weighted by Crippen LogP contribution is 2.13. The largest absolute Gasteiger partial charge is 0.446 e. The Morgan fingerprint density at radius 1 is 1.29 bits per heavy atom. The molecule has 0 rings (SSSR count). The Labute approximate surface area is 90.0 Å². The molecule has 0 aromatic carbocycles. The maximum atomic E-state index is 11.2. The lowest BCUT2D eigenvalue weighted by Gasteiger charge is -2.20. The summed E-state index contributed by atoms with van der Waals surface area (Å²) in [7, 11) is 2.21. The van der Waals surface area contributed by atoms with Crippen LogP contribution in [0.3, 0.4) is 0 Å². The number of amides is 1. The van der Waals surface area contributed by atoms with Gasteiger partial charge in [-0.2, -0.15) is 0 Å². The van der Waals surface area contributed by atoms with Crippen molar-refractivity contribution in [1.82, 2.24) is 4.67 Å². The van der Waals surface area contributed by atoms with Crippen molar-refractivity contribution >= 4 is 14.8 Å². The van der Waals surface area contributed by atoms with Crippen molar-refractivity contribution in [2.45, 2.75) is 40.7 Å². The molecule has 0 aliphatic rings. The topological polar surface area (TPSA) is 29.5 Å². The number of hydrogen-bond acceptors (Lipinski definition) is 2. The minimum atomic E-state index is -0.225. The fourth-order valence-electron chi connectivity index (χ4n) is 0.465. The Morgan fingerprint density at radius 2 is 1.71 bits per heavy atom. The van der Waals surface area contributed by atoms with Crippen LogP contribution in [0.5, 0.6) is 0 Å². The summed E-state index contributed by atoms with van der Waals surface area (Å²) < 4.78 is 6.74. The summed E-state index contributed by atoms with van der Waals surface area (Å²) in [6, 6.07) is 0. The van der Waals surface area contributed by atoms with Crippen molar-refractivity contribution in [2.24, 2.45) is 5.92 Å². The van der Waals surface area contributed by atoms with Gasteiger partial charge < -0.3 is 4.74 Å². The summed E-state index contributed by atoms with van der Waals surface area (Å²) in [4.78, 5) is 11.2. The molecule has 3 nitrogen and oxygen atoms in total. The van der Waals surface area contributed by atoms with Crippen molar-refractivity contribution in [1.29, 1.82) is 0 Å². The number of rotatable bonds is 3. The molecule has 0 aliphatic heterocycles. The molecule has 0 saturated heterocycles. The Morgan fingerprint density at radius 3 is 2.00 bits per heavy atom. The van der Waals surface area contributed by atoms with E-state index in [9.17, 15) is 4.79 Å². The molecule has 86 valence electrons. The van der Waals surface area contributed by atoms with Gasteiger partial charge in [-0.25, -0.2) is 4.79 Å². The summed E-state index contributed by atoms with van der Waals surface area (Å²) >= 11 is 0. The van der Waals surface area contributed by atoms with Gasteiger partial charge in [-0.1, -0.05) is 27.7 Å². The van der Waals surface area contributed by atoms with Gasteiger partial charge in [0.15, 0.2) is 0 Å². The predicted molar refractivity (Wildman–Crippen MR) is 64.1 cm³/mol. The molecule has 0 fully saturated rings. The predicted octanol–water partition coefficient (Wildman–Crippen LogP) is 3.35. The van der Waals surface area contributed by atoms with E-state index in [4.69, 9.17) is 4.74 Å². The molecule has 0 spiro atoms. The Bertz CT molecular complexity index is 151. The van der Waals surface area contributed by atoms with Gasteiger partial charge in [0.2, 0.25) is 0 Å².